The van der Waals surface area contributed by atoms with Crippen LogP contribution in [0.4, 0.5) is 0 Å². The molecule has 0 unspecified atom stereocenters. The lowest BCUT2D eigenvalue weighted by molar-refractivity contribution is 0.0711. The highest BCUT2D eigenvalue weighted by molar-refractivity contribution is 6.04. The van der Waals surface area contributed by atoms with Crippen LogP contribution in [0.2, 0.25) is 0 Å². The average molecular weight is 256 g/mol. The molecule has 1 N–H and O–H groups in total. The Morgan fingerprint density at radius 3 is 3.05 bits per heavy atom. The monoisotopic (exact) mass is 256 g/mol. The maximum atomic E-state index is 12.6. The number of piperazine rings is 1. The number of para-hydroxylation sites is 1. The Kier molecular flexibility index (Phi) is 3.13. The van der Waals surface area contributed by atoms with Crippen LogP contribution in [0.1, 0.15) is 17.3 Å². The van der Waals surface area contributed by atoms with Gasteiger partial charge in [0.15, 0.2) is 0 Å². The predicted molar refractivity (Wildman–Crippen MR) is 72.9 cm³/mol. The first kappa shape index (κ1) is 12.0. The molecule has 5 nitrogen and oxygen atoms in total. The molecule has 0 saturated carbocycles. The van der Waals surface area contributed by atoms with Crippen LogP contribution < -0.4 is 5.32 Å². The summed E-state index contributed by atoms with van der Waals surface area (Å²) in [5.41, 5.74) is 2.08. The molecule has 2 aromatic rings. The molecule has 1 fully saturated rings. The third-order valence-corrected chi connectivity index (χ3v) is 3.39. The summed E-state index contributed by atoms with van der Waals surface area (Å²) in [6.45, 7) is 4.39. The van der Waals surface area contributed by atoms with Gasteiger partial charge in [0, 0.05) is 38.1 Å². The number of carbonyl (C=O) groups is 1. The van der Waals surface area contributed by atoms with Crippen molar-refractivity contribution in [1.29, 1.82) is 0 Å². The highest BCUT2D eigenvalue weighted by Crippen LogP contribution is 2.16. The van der Waals surface area contributed by atoms with Gasteiger partial charge in [0.25, 0.3) is 5.91 Å². The normalized spacial score (nSPS) is 19.6. The van der Waals surface area contributed by atoms with Gasteiger partial charge in [-0.1, -0.05) is 6.07 Å². The van der Waals surface area contributed by atoms with Crippen molar-refractivity contribution in [2.75, 3.05) is 19.6 Å². The zero-order chi connectivity index (χ0) is 13.2. The first-order valence-corrected chi connectivity index (χ1v) is 6.48. The van der Waals surface area contributed by atoms with E-state index in [-0.39, 0.29) is 5.91 Å². The van der Waals surface area contributed by atoms with E-state index in [1.54, 1.807) is 12.4 Å². The Hall–Kier alpha value is -2.01. The average Bonchev–Trinajstić information content (AvgIpc) is 2.46. The number of amides is 1. The second-order valence-corrected chi connectivity index (χ2v) is 4.84. The Balaban J connectivity index is 1.97. The van der Waals surface area contributed by atoms with E-state index in [1.807, 2.05) is 23.1 Å². The number of hydrogen-bond acceptors (Lipinski definition) is 4. The SMILES string of the molecule is C[C@@H]1CN(C(=O)c2cccc3nccnc23)CCN1. The van der Waals surface area contributed by atoms with Gasteiger partial charge in [-0.3, -0.25) is 14.8 Å². The first-order valence-electron chi connectivity index (χ1n) is 6.48. The quantitative estimate of drug-likeness (QED) is 0.829. The summed E-state index contributed by atoms with van der Waals surface area (Å²) in [5.74, 6) is 0.0412. The van der Waals surface area contributed by atoms with Gasteiger partial charge in [0.2, 0.25) is 0 Å². The Bertz CT molecular complexity index is 608. The number of fused-ring (bicyclic) bond motifs is 1. The van der Waals surface area contributed by atoms with Crippen molar-refractivity contribution in [3.63, 3.8) is 0 Å². The van der Waals surface area contributed by atoms with Crippen molar-refractivity contribution < 1.29 is 4.79 Å². The van der Waals surface area contributed by atoms with Crippen molar-refractivity contribution in [1.82, 2.24) is 20.2 Å². The van der Waals surface area contributed by atoms with E-state index >= 15 is 0 Å². The molecule has 1 saturated heterocycles. The largest absolute Gasteiger partial charge is 0.336 e. The summed E-state index contributed by atoms with van der Waals surface area (Å²) < 4.78 is 0. The van der Waals surface area contributed by atoms with Crippen molar-refractivity contribution in [2.24, 2.45) is 0 Å². The summed E-state index contributed by atoms with van der Waals surface area (Å²) >= 11 is 0. The summed E-state index contributed by atoms with van der Waals surface area (Å²) in [5, 5.41) is 3.33. The van der Waals surface area contributed by atoms with Crippen LogP contribution in [-0.4, -0.2) is 46.5 Å². The second kappa shape index (κ2) is 4.93. The predicted octanol–water partition coefficient (Wildman–Crippen LogP) is 1.06. The van der Waals surface area contributed by atoms with Gasteiger partial charge in [-0.05, 0) is 19.1 Å². The van der Waals surface area contributed by atoms with E-state index in [2.05, 4.69) is 22.2 Å². The molecular formula is C14H16N4O. The lowest BCUT2D eigenvalue weighted by Crippen LogP contribution is -2.51. The number of rotatable bonds is 1. The van der Waals surface area contributed by atoms with E-state index in [1.165, 1.54) is 0 Å². The van der Waals surface area contributed by atoms with Gasteiger partial charge in [-0.2, -0.15) is 0 Å². The van der Waals surface area contributed by atoms with E-state index in [0.717, 1.165) is 25.2 Å². The van der Waals surface area contributed by atoms with Gasteiger partial charge in [0.05, 0.1) is 11.1 Å². The lowest BCUT2D eigenvalue weighted by Gasteiger charge is -2.32. The molecule has 1 atom stereocenters. The highest BCUT2D eigenvalue weighted by Gasteiger charge is 2.23. The molecule has 0 bridgehead atoms. The highest BCUT2D eigenvalue weighted by atomic mass is 16.2. The first-order chi connectivity index (χ1) is 9.25. The van der Waals surface area contributed by atoms with Crippen LogP contribution in [0.25, 0.3) is 11.0 Å². The van der Waals surface area contributed by atoms with Gasteiger partial charge in [-0.25, -0.2) is 0 Å². The fourth-order valence-corrected chi connectivity index (χ4v) is 2.45. The molecule has 0 radical (unpaired) electrons. The number of hydrogen-bond donors (Lipinski definition) is 1. The molecule has 2 heterocycles. The molecule has 1 aliphatic heterocycles. The number of aromatic nitrogens is 2. The molecule has 1 aromatic carbocycles. The van der Waals surface area contributed by atoms with Crippen LogP contribution in [0, 0.1) is 0 Å². The van der Waals surface area contributed by atoms with E-state index in [9.17, 15) is 4.79 Å². The third-order valence-electron chi connectivity index (χ3n) is 3.39. The Morgan fingerprint density at radius 1 is 1.37 bits per heavy atom. The van der Waals surface area contributed by atoms with Gasteiger partial charge < -0.3 is 10.2 Å². The zero-order valence-electron chi connectivity index (χ0n) is 10.8. The van der Waals surface area contributed by atoms with Crippen LogP contribution in [0.15, 0.2) is 30.6 Å². The van der Waals surface area contributed by atoms with Crippen molar-refractivity contribution in [2.45, 2.75) is 13.0 Å². The summed E-state index contributed by atoms with van der Waals surface area (Å²) in [7, 11) is 0. The summed E-state index contributed by atoms with van der Waals surface area (Å²) in [6.07, 6.45) is 3.27. The molecule has 1 amide bonds. The topological polar surface area (TPSA) is 58.1 Å². The van der Waals surface area contributed by atoms with Crippen molar-refractivity contribution in [3.8, 4) is 0 Å². The van der Waals surface area contributed by atoms with Gasteiger partial charge in [-0.15, -0.1) is 0 Å². The lowest BCUT2D eigenvalue weighted by atomic mass is 10.1. The van der Waals surface area contributed by atoms with E-state index < -0.39 is 0 Å². The van der Waals surface area contributed by atoms with Crippen LogP contribution in [-0.2, 0) is 0 Å². The molecular weight excluding hydrogens is 240 g/mol. The number of benzene rings is 1. The minimum absolute atomic E-state index is 0.0412. The minimum atomic E-state index is 0.0412. The molecule has 1 aliphatic rings. The molecule has 3 rings (SSSR count). The maximum absolute atomic E-state index is 12.6. The molecule has 98 valence electrons. The minimum Gasteiger partial charge on any atom is -0.336 e. The molecule has 0 spiro atoms. The number of carbonyl (C=O) groups excluding carboxylic acids is 1. The molecule has 1 aromatic heterocycles. The smallest absolute Gasteiger partial charge is 0.256 e. The summed E-state index contributed by atoms with van der Waals surface area (Å²) in [4.78, 5) is 23.0. The van der Waals surface area contributed by atoms with Crippen molar-refractivity contribution >= 4 is 16.9 Å². The number of nitrogens with zero attached hydrogens (tertiary/aromatic N) is 3. The van der Waals surface area contributed by atoms with E-state index in [0.29, 0.717) is 17.1 Å². The Labute approximate surface area is 111 Å². The summed E-state index contributed by atoms with van der Waals surface area (Å²) in [6, 6.07) is 5.89. The van der Waals surface area contributed by atoms with Crippen molar-refractivity contribution in [3.05, 3.63) is 36.2 Å². The van der Waals surface area contributed by atoms with Crippen LogP contribution in [0.5, 0.6) is 0 Å². The zero-order valence-corrected chi connectivity index (χ0v) is 10.8. The fraction of sp³-hybridized carbons (Fsp3) is 0.357. The standard InChI is InChI=1S/C14H16N4O/c1-10-9-18(8-7-15-10)14(19)11-3-2-4-12-13(11)17-6-5-16-12/h2-6,10,15H,7-9H2,1H3/t10-/m1/s1. The van der Waals surface area contributed by atoms with Crippen LogP contribution in [0.3, 0.4) is 0 Å². The Morgan fingerprint density at radius 2 is 2.21 bits per heavy atom. The van der Waals surface area contributed by atoms with Crippen LogP contribution >= 0.6 is 0 Å². The second-order valence-electron chi connectivity index (χ2n) is 4.84. The fourth-order valence-electron chi connectivity index (χ4n) is 2.45. The van der Waals surface area contributed by atoms with Gasteiger partial charge >= 0.3 is 0 Å². The molecule has 5 heteroatoms. The molecule has 19 heavy (non-hydrogen) atoms. The molecule has 0 aliphatic carbocycles. The van der Waals surface area contributed by atoms with E-state index in [4.69, 9.17) is 0 Å². The number of nitrogens with one attached hydrogen (secondary N) is 1. The third kappa shape index (κ3) is 2.29. The van der Waals surface area contributed by atoms with Gasteiger partial charge in [0.1, 0.15) is 5.52 Å². The maximum Gasteiger partial charge on any atom is 0.256 e.